The van der Waals surface area contributed by atoms with Gasteiger partial charge >= 0.3 is 0 Å². The van der Waals surface area contributed by atoms with Gasteiger partial charge in [-0.1, -0.05) is 47.6 Å². The highest BCUT2D eigenvalue weighted by Gasteiger charge is 2.40. The molecule has 1 aliphatic rings. The van der Waals surface area contributed by atoms with Crippen molar-refractivity contribution in [3.8, 4) is 5.75 Å². The molecule has 3 nitrogen and oxygen atoms in total. The lowest BCUT2D eigenvalue weighted by molar-refractivity contribution is 0.221. The third kappa shape index (κ3) is 2.81. The molecule has 0 bridgehead atoms. The van der Waals surface area contributed by atoms with E-state index in [1.54, 1.807) is 12.0 Å². The summed E-state index contributed by atoms with van der Waals surface area (Å²) in [6, 6.07) is 15.6. The highest BCUT2D eigenvalue weighted by Crippen LogP contribution is 2.50. The van der Waals surface area contributed by atoms with Crippen LogP contribution in [0, 0.1) is 0 Å². The summed E-state index contributed by atoms with van der Waals surface area (Å²) in [6.07, 6.45) is 0. The number of hydrogen-bond acceptors (Lipinski definition) is 3. The molecule has 2 aromatic rings. The van der Waals surface area contributed by atoms with Gasteiger partial charge in [-0.25, -0.2) is 0 Å². The zero-order valence-corrected chi connectivity index (χ0v) is 13.9. The summed E-state index contributed by atoms with van der Waals surface area (Å²) in [7, 11) is 3.49. The van der Waals surface area contributed by atoms with Gasteiger partial charge in [0.1, 0.15) is 5.75 Å². The van der Waals surface area contributed by atoms with E-state index in [0.717, 1.165) is 16.9 Å². The number of carbonyl (C=O) groups excluding carboxylic acids is 1. The first-order valence-corrected chi connectivity index (χ1v) is 8.19. The first-order valence-electron chi connectivity index (χ1n) is 6.93. The molecule has 1 fully saturated rings. The molecule has 22 heavy (non-hydrogen) atoms. The van der Waals surface area contributed by atoms with Gasteiger partial charge in [-0.05, 0) is 35.4 Å². The van der Waals surface area contributed by atoms with Crippen LogP contribution in [0.4, 0.5) is 4.79 Å². The molecule has 0 spiro atoms. The Morgan fingerprint density at radius 3 is 2.23 bits per heavy atom. The molecule has 0 saturated carbocycles. The maximum absolute atomic E-state index is 12.2. The summed E-state index contributed by atoms with van der Waals surface area (Å²) < 4.78 is 5.20. The molecule has 1 aliphatic heterocycles. The molecule has 0 N–H and O–H groups in total. The Balaban J connectivity index is 1.97. The number of nitrogens with zero attached hydrogens (tertiary/aromatic N) is 1. The largest absolute Gasteiger partial charge is 0.497 e. The Kier molecular flexibility index (Phi) is 4.32. The molecule has 114 valence electrons. The molecule has 0 aromatic heterocycles. The lowest BCUT2D eigenvalue weighted by atomic mass is 9.97. The van der Waals surface area contributed by atoms with Crippen LogP contribution in [0.3, 0.4) is 0 Å². The fourth-order valence-electron chi connectivity index (χ4n) is 2.68. The molecule has 1 heterocycles. The fourth-order valence-corrected chi connectivity index (χ4v) is 4.06. The molecule has 0 radical (unpaired) electrons. The number of amides is 1. The van der Waals surface area contributed by atoms with Crippen LogP contribution < -0.4 is 4.74 Å². The quantitative estimate of drug-likeness (QED) is 0.797. The predicted octanol–water partition coefficient (Wildman–Crippen LogP) is 4.93. The number of likely N-dealkylation sites (N-methyl/N-ethyl adjacent to an activating group) is 1. The van der Waals surface area contributed by atoms with Crippen LogP contribution in [-0.2, 0) is 0 Å². The minimum absolute atomic E-state index is 0.00424. The van der Waals surface area contributed by atoms with Crippen molar-refractivity contribution in [2.75, 3.05) is 14.2 Å². The second-order valence-electron chi connectivity index (χ2n) is 5.18. The maximum atomic E-state index is 12.2. The van der Waals surface area contributed by atoms with Crippen LogP contribution in [0.2, 0.25) is 5.02 Å². The monoisotopic (exact) mass is 333 g/mol. The van der Waals surface area contributed by atoms with Crippen LogP contribution in [0.5, 0.6) is 5.75 Å². The van der Waals surface area contributed by atoms with Gasteiger partial charge in [0.25, 0.3) is 5.24 Å². The molecular formula is C17H16ClNO2S. The fraction of sp³-hybridized carbons (Fsp3) is 0.235. The SMILES string of the molecule is COc1ccc(C2C(c3ccc(Cl)cc3)SC(=O)N2C)cc1. The van der Waals surface area contributed by atoms with Crippen LogP contribution >= 0.6 is 23.4 Å². The van der Waals surface area contributed by atoms with Crippen molar-refractivity contribution < 1.29 is 9.53 Å². The predicted molar refractivity (Wildman–Crippen MR) is 90.7 cm³/mol. The van der Waals surface area contributed by atoms with E-state index in [1.165, 1.54) is 11.8 Å². The van der Waals surface area contributed by atoms with Crippen LogP contribution in [0.15, 0.2) is 48.5 Å². The van der Waals surface area contributed by atoms with Crippen LogP contribution in [-0.4, -0.2) is 24.3 Å². The zero-order chi connectivity index (χ0) is 15.7. The van der Waals surface area contributed by atoms with Crippen molar-refractivity contribution in [2.45, 2.75) is 11.3 Å². The summed E-state index contributed by atoms with van der Waals surface area (Å²) in [5.74, 6) is 0.812. The minimum Gasteiger partial charge on any atom is -0.497 e. The first kappa shape index (κ1) is 15.3. The van der Waals surface area contributed by atoms with Gasteiger partial charge in [0.05, 0.1) is 18.4 Å². The molecule has 1 amide bonds. The lowest BCUT2D eigenvalue weighted by Gasteiger charge is -2.24. The average Bonchev–Trinajstić information content (AvgIpc) is 2.84. The van der Waals surface area contributed by atoms with Crippen LogP contribution in [0.25, 0.3) is 0 Å². The van der Waals surface area contributed by atoms with Crippen molar-refractivity contribution in [1.29, 1.82) is 0 Å². The average molecular weight is 334 g/mol. The number of thioether (sulfide) groups is 1. The first-order chi connectivity index (χ1) is 10.6. The number of halogens is 1. The Labute approximate surface area is 139 Å². The lowest BCUT2D eigenvalue weighted by Crippen LogP contribution is -2.23. The van der Waals surface area contributed by atoms with E-state index in [-0.39, 0.29) is 16.5 Å². The number of benzene rings is 2. The number of carbonyl (C=O) groups is 1. The summed E-state index contributed by atoms with van der Waals surface area (Å²) in [5, 5.41) is 0.844. The van der Waals surface area contributed by atoms with Gasteiger partial charge in [0.2, 0.25) is 0 Å². The van der Waals surface area contributed by atoms with Crippen LogP contribution in [0.1, 0.15) is 22.4 Å². The Hall–Kier alpha value is -1.65. The molecule has 2 atom stereocenters. The molecule has 2 aromatic carbocycles. The maximum Gasteiger partial charge on any atom is 0.282 e. The number of rotatable bonds is 3. The molecule has 0 aliphatic carbocycles. The second kappa shape index (κ2) is 6.23. The topological polar surface area (TPSA) is 29.5 Å². The van der Waals surface area contributed by atoms with E-state index in [1.807, 2.05) is 55.6 Å². The summed E-state index contributed by atoms with van der Waals surface area (Å²) in [6.45, 7) is 0. The van der Waals surface area contributed by atoms with E-state index in [4.69, 9.17) is 16.3 Å². The van der Waals surface area contributed by atoms with Crippen molar-refractivity contribution in [3.05, 3.63) is 64.7 Å². The third-order valence-corrected chi connectivity index (χ3v) is 5.40. The standard InChI is InChI=1S/C17H16ClNO2S/c1-19-15(11-5-9-14(21-2)10-6-11)16(22-17(19)20)12-3-7-13(18)8-4-12/h3-10,15-16H,1-2H3. The summed E-state index contributed by atoms with van der Waals surface area (Å²) in [4.78, 5) is 14.0. The molecule has 1 saturated heterocycles. The van der Waals surface area contributed by atoms with E-state index in [9.17, 15) is 4.79 Å². The highest BCUT2D eigenvalue weighted by molar-refractivity contribution is 8.14. The summed E-state index contributed by atoms with van der Waals surface area (Å²) in [5.41, 5.74) is 2.20. The zero-order valence-electron chi connectivity index (χ0n) is 12.3. The highest BCUT2D eigenvalue weighted by atomic mass is 35.5. The smallest absolute Gasteiger partial charge is 0.282 e. The van der Waals surface area contributed by atoms with Gasteiger partial charge < -0.3 is 9.64 Å². The second-order valence-corrected chi connectivity index (χ2v) is 6.71. The van der Waals surface area contributed by atoms with Gasteiger partial charge in [0.15, 0.2) is 0 Å². The molecule has 2 unspecified atom stereocenters. The molecular weight excluding hydrogens is 318 g/mol. The van der Waals surface area contributed by atoms with E-state index in [2.05, 4.69) is 0 Å². The normalized spacial score (nSPS) is 21.2. The van der Waals surface area contributed by atoms with Crippen molar-refractivity contribution in [3.63, 3.8) is 0 Å². The minimum atomic E-state index is 0.00424. The Morgan fingerprint density at radius 2 is 1.64 bits per heavy atom. The number of hydrogen-bond donors (Lipinski definition) is 0. The Morgan fingerprint density at radius 1 is 1.05 bits per heavy atom. The third-order valence-electron chi connectivity index (χ3n) is 3.88. The van der Waals surface area contributed by atoms with Crippen molar-refractivity contribution in [1.82, 2.24) is 4.90 Å². The number of methoxy groups -OCH3 is 1. The Bertz CT molecular complexity index is 672. The van der Waals surface area contributed by atoms with E-state index >= 15 is 0 Å². The number of ether oxygens (including phenoxy) is 1. The van der Waals surface area contributed by atoms with E-state index < -0.39 is 0 Å². The molecule has 5 heteroatoms. The van der Waals surface area contributed by atoms with Gasteiger partial charge in [-0.15, -0.1) is 0 Å². The van der Waals surface area contributed by atoms with Gasteiger partial charge in [-0.2, -0.15) is 0 Å². The van der Waals surface area contributed by atoms with Crippen molar-refractivity contribution >= 4 is 28.6 Å². The van der Waals surface area contributed by atoms with Gasteiger partial charge in [0, 0.05) is 12.1 Å². The van der Waals surface area contributed by atoms with E-state index in [0.29, 0.717) is 5.02 Å². The van der Waals surface area contributed by atoms with Crippen molar-refractivity contribution in [2.24, 2.45) is 0 Å². The van der Waals surface area contributed by atoms with Gasteiger partial charge in [-0.3, -0.25) is 4.79 Å². The molecule has 3 rings (SSSR count). The summed E-state index contributed by atoms with van der Waals surface area (Å²) >= 11 is 7.32.